The fourth-order valence-electron chi connectivity index (χ4n) is 7.88. The van der Waals surface area contributed by atoms with Gasteiger partial charge in [0.2, 0.25) is 0 Å². The Labute approximate surface area is 309 Å². The van der Waals surface area contributed by atoms with Crippen molar-refractivity contribution in [2.45, 2.75) is 0 Å². The van der Waals surface area contributed by atoms with Crippen LogP contribution in [-0.2, 0) is 0 Å². The van der Waals surface area contributed by atoms with Crippen molar-refractivity contribution < 1.29 is 0 Å². The van der Waals surface area contributed by atoms with Gasteiger partial charge in [0.1, 0.15) is 0 Å². The first-order chi connectivity index (χ1) is 26.2. The third-order valence-corrected chi connectivity index (χ3v) is 10.7. The Hall–Kier alpha value is -6.96. The summed E-state index contributed by atoms with van der Waals surface area (Å²) in [5.41, 5.74) is 15.8. The molecule has 10 rings (SSSR count). The van der Waals surface area contributed by atoms with E-state index in [0.717, 1.165) is 5.52 Å². The Morgan fingerprint density at radius 1 is 0.245 bits per heavy atom. The van der Waals surface area contributed by atoms with Gasteiger partial charge in [0.25, 0.3) is 0 Å². The van der Waals surface area contributed by atoms with Crippen LogP contribution in [0.2, 0.25) is 0 Å². The monoisotopic (exact) mass is 673 g/mol. The highest BCUT2D eigenvalue weighted by atomic mass is 14.7. The third kappa shape index (κ3) is 5.69. The van der Waals surface area contributed by atoms with E-state index in [1.807, 2.05) is 0 Å². The average molecular weight is 674 g/mol. The topological polar surface area (TPSA) is 15.8 Å². The molecule has 0 aliphatic carbocycles. The van der Waals surface area contributed by atoms with Gasteiger partial charge < -0.3 is 4.98 Å². The fraction of sp³-hybridized carbons (Fsp3) is 0. The minimum absolute atomic E-state index is 1.14. The Kier molecular flexibility index (Phi) is 7.55. The molecule has 1 heterocycles. The first-order valence-corrected chi connectivity index (χ1v) is 18.2. The van der Waals surface area contributed by atoms with Crippen LogP contribution in [-0.4, -0.2) is 4.98 Å². The summed E-state index contributed by atoms with van der Waals surface area (Å²) in [5.74, 6) is 0. The number of benzene rings is 9. The van der Waals surface area contributed by atoms with E-state index in [-0.39, 0.29) is 0 Å². The molecule has 0 amide bonds. The molecule has 0 bridgehead atoms. The second-order valence-corrected chi connectivity index (χ2v) is 13.8. The number of rotatable bonds is 6. The van der Waals surface area contributed by atoms with Crippen LogP contribution in [0.3, 0.4) is 0 Å². The number of hydrogen-bond donors (Lipinski definition) is 1. The molecule has 0 fully saturated rings. The number of nitrogens with one attached hydrogen (secondary N) is 1. The van der Waals surface area contributed by atoms with Gasteiger partial charge in [0, 0.05) is 22.7 Å². The molecule has 1 aromatic heterocycles. The van der Waals surface area contributed by atoms with Crippen molar-refractivity contribution in [3.05, 3.63) is 206 Å². The summed E-state index contributed by atoms with van der Waals surface area (Å²) in [6, 6.07) is 72.7. The van der Waals surface area contributed by atoms with Crippen molar-refractivity contribution in [2.24, 2.45) is 0 Å². The van der Waals surface area contributed by atoms with Gasteiger partial charge in [-0.25, -0.2) is 0 Å². The molecule has 1 heteroatoms. The van der Waals surface area contributed by atoms with Crippen LogP contribution < -0.4 is 0 Å². The van der Waals surface area contributed by atoms with E-state index in [1.165, 1.54) is 93.7 Å². The average Bonchev–Trinajstić information content (AvgIpc) is 3.67. The van der Waals surface area contributed by atoms with Gasteiger partial charge in [0.05, 0.1) is 0 Å². The van der Waals surface area contributed by atoms with Gasteiger partial charge in [-0.05, 0) is 94.9 Å². The van der Waals surface area contributed by atoms with E-state index in [1.54, 1.807) is 0 Å². The lowest BCUT2D eigenvalue weighted by Gasteiger charge is -2.10. The molecule has 0 aliphatic heterocycles. The minimum Gasteiger partial charge on any atom is -0.361 e. The smallest absolute Gasteiger partial charge is 0.0460 e. The van der Waals surface area contributed by atoms with Crippen molar-refractivity contribution in [1.29, 1.82) is 0 Å². The summed E-state index contributed by atoms with van der Waals surface area (Å²) in [6.45, 7) is 0. The number of aromatic amines is 1. The molecule has 1 nitrogen and oxygen atoms in total. The van der Waals surface area contributed by atoms with Crippen LogP contribution in [0.5, 0.6) is 0 Å². The van der Waals surface area contributed by atoms with Crippen molar-refractivity contribution in [3.8, 4) is 66.8 Å². The van der Waals surface area contributed by atoms with Crippen LogP contribution in [0, 0.1) is 0 Å². The molecular weight excluding hydrogens is 639 g/mol. The zero-order valence-electron chi connectivity index (χ0n) is 29.1. The van der Waals surface area contributed by atoms with E-state index in [2.05, 4.69) is 211 Å². The summed E-state index contributed by atoms with van der Waals surface area (Å²) < 4.78 is 0. The Morgan fingerprint density at radius 3 is 1.08 bits per heavy atom. The SMILES string of the molecule is c1ccc2c(-c3ccc(-c4ccc(-c5ccc6[nH]cc(-c7ccc(-c8ccc(-c9cccc%10ccccc9%10)cc8)cc7)c6c5)cc4)cc3)cccc2c1. The molecule has 0 atom stereocenters. The number of aromatic nitrogens is 1. The van der Waals surface area contributed by atoms with Crippen molar-refractivity contribution in [1.82, 2.24) is 4.98 Å². The van der Waals surface area contributed by atoms with Gasteiger partial charge in [0.15, 0.2) is 0 Å². The van der Waals surface area contributed by atoms with E-state index < -0.39 is 0 Å². The predicted molar refractivity (Wildman–Crippen MR) is 226 cm³/mol. The van der Waals surface area contributed by atoms with Crippen molar-refractivity contribution in [2.75, 3.05) is 0 Å². The van der Waals surface area contributed by atoms with E-state index in [9.17, 15) is 0 Å². The molecule has 0 unspecified atom stereocenters. The molecule has 0 radical (unpaired) electrons. The zero-order chi connectivity index (χ0) is 35.1. The normalized spacial score (nSPS) is 11.4. The minimum atomic E-state index is 1.14. The van der Waals surface area contributed by atoms with E-state index in [4.69, 9.17) is 0 Å². The largest absolute Gasteiger partial charge is 0.361 e. The molecule has 0 saturated carbocycles. The lowest BCUT2D eigenvalue weighted by Crippen LogP contribution is -1.84. The van der Waals surface area contributed by atoms with Crippen LogP contribution in [0.25, 0.3) is 99.2 Å². The Balaban J connectivity index is 0.884. The van der Waals surface area contributed by atoms with Gasteiger partial charge >= 0.3 is 0 Å². The maximum atomic E-state index is 3.50. The Bertz CT molecular complexity index is 2880. The molecule has 1 N–H and O–H groups in total. The third-order valence-electron chi connectivity index (χ3n) is 10.7. The fourth-order valence-corrected chi connectivity index (χ4v) is 7.88. The van der Waals surface area contributed by atoms with Crippen LogP contribution in [0.1, 0.15) is 0 Å². The van der Waals surface area contributed by atoms with Gasteiger partial charge in [-0.2, -0.15) is 0 Å². The van der Waals surface area contributed by atoms with Gasteiger partial charge in [-0.3, -0.25) is 0 Å². The molecule has 9 aromatic carbocycles. The van der Waals surface area contributed by atoms with Crippen molar-refractivity contribution >= 4 is 32.4 Å². The van der Waals surface area contributed by atoms with E-state index in [0.29, 0.717) is 0 Å². The second-order valence-electron chi connectivity index (χ2n) is 13.8. The standard InChI is InChI=1S/C52H35N/c1-3-11-46-40(7-1)9-5-13-48(46)42-25-19-36(20-26-42)35-15-17-39(18-16-35)45-31-32-52-50(33-45)51(34-53-52)44-29-23-38(24-30-44)37-21-27-43(28-22-37)49-14-6-10-41-8-2-4-12-47(41)49/h1-34,53H. The summed E-state index contributed by atoms with van der Waals surface area (Å²) in [4.78, 5) is 3.50. The molecule has 248 valence electrons. The highest BCUT2D eigenvalue weighted by Gasteiger charge is 2.11. The highest BCUT2D eigenvalue weighted by Crippen LogP contribution is 2.36. The number of hydrogen-bond acceptors (Lipinski definition) is 0. The summed E-state index contributed by atoms with van der Waals surface area (Å²) in [5, 5.41) is 6.32. The van der Waals surface area contributed by atoms with Crippen LogP contribution >= 0.6 is 0 Å². The predicted octanol–water partition coefficient (Wildman–Crippen LogP) is 14.5. The molecule has 0 spiro atoms. The summed E-state index contributed by atoms with van der Waals surface area (Å²) in [6.07, 6.45) is 2.13. The van der Waals surface area contributed by atoms with Crippen LogP contribution in [0.4, 0.5) is 0 Å². The molecule has 0 aliphatic rings. The lowest BCUT2D eigenvalue weighted by atomic mass is 9.94. The quantitative estimate of drug-likeness (QED) is 0.181. The van der Waals surface area contributed by atoms with Crippen molar-refractivity contribution in [3.63, 3.8) is 0 Å². The number of H-pyrrole nitrogens is 1. The lowest BCUT2D eigenvalue weighted by molar-refractivity contribution is 1.47. The maximum absolute atomic E-state index is 3.50. The zero-order valence-corrected chi connectivity index (χ0v) is 29.1. The van der Waals surface area contributed by atoms with Crippen LogP contribution in [0.15, 0.2) is 206 Å². The van der Waals surface area contributed by atoms with E-state index >= 15 is 0 Å². The van der Waals surface area contributed by atoms with Gasteiger partial charge in [-0.15, -0.1) is 0 Å². The maximum Gasteiger partial charge on any atom is 0.0460 e. The summed E-state index contributed by atoms with van der Waals surface area (Å²) in [7, 11) is 0. The summed E-state index contributed by atoms with van der Waals surface area (Å²) >= 11 is 0. The Morgan fingerprint density at radius 2 is 0.604 bits per heavy atom. The highest BCUT2D eigenvalue weighted by molar-refractivity contribution is 6.00. The number of fused-ring (bicyclic) bond motifs is 3. The first-order valence-electron chi connectivity index (χ1n) is 18.2. The molecule has 53 heavy (non-hydrogen) atoms. The molecular formula is C52H35N. The molecule has 10 aromatic rings. The second kappa shape index (κ2) is 13.0. The first kappa shape index (κ1) is 30.8. The van der Waals surface area contributed by atoms with Gasteiger partial charge in [-0.1, -0.05) is 188 Å². The molecule has 0 saturated heterocycles.